The summed E-state index contributed by atoms with van der Waals surface area (Å²) >= 11 is 0. The van der Waals surface area contributed by atoms with Crippen LogP contribution < -0.4 is 10.6 Å². The van der Waals surface area contributed by atoms with E-state index in [0.717, 1.165) is 18.7 Å². The molecule has 1 saturated heterocycles. The molecule has 5 nitrogen and oxygen atoms in total. The van der Waals surface area contributed by atoms with Gasteiger partial charge in [0.1, 0.15) is 0 Å². The second-order valence-corrected chi connectivity index (χ2v) is 4.47. The Bertz CT molecular complexity index is 377. The van der Waals surface area contributed by atoms with Crippen molar-refractivity contribution in [2.24, 2.45) is 0 Å². The number of carbonyl (C=O) groups is 1. The van der Waals surface area contributed by atoms with Gasteiger partial charge in [0.25, 0.3) is 0 Å². The highest BCUT2D eigenvalue weighted by Gasteiger charge is 2.18. The van der Waals surface area contributed by atoms with Crippen molar-refractivity contribution in [3.63, 3.8) is 0 Å². The van der Waals surface area contributed by atoms with E-state index in [2.05, 4.69) is 15.6 Å². The maximum absolute atomic E-state index is 11.9. The summed E-state index contributed by atoms with van der Waals surface area (Å²) in [5.41, 5.74) is 1.06. The van der Waals surface area contributed by atoms with Gasteiger partial charge in [0.05, 0.1) is 25.2 Å². The molecule has 1 aromatic heterocycles. The zero-order valence-electron chi connectivity index (χ0n) is 10.6. The molecule has 1 aliphatic heterocycles. The van der Waals surface area contributed by atoms with Crippen molar-refractivity contribution < 1.29 is 9.53 Å². The van der Waals surface area contributed by atoms with Gasteiger partial charge in [0.15, 0.2) is 0 Å². The predicted molar refractivity (Wildman–Crippen MR) is 68.0 cm³/mol. The first kappa shape index (κ1) is 13.0. The van der Waals surface area contributed by atoms with Gasteiger partial charge in [-0.15, -0.1) is 0 Å². The third-order valence-electron chi connectivity index (χ3n) is 3.00. The minimum absolute atomic E-state index is 0.00273. The minimum atomic E-state index is -0.0107. The predicted octanol–water partition coefficient (Wildman–Crippen LogP) is 0.637. The highest BCUT2D eigenvalue weighted by Crippen LogP contribution is 2.11. The number of carbonyl (C=O) groups excluding carboxylic acids is 1. The Kier molecular flexibility index (Phi) is 4.66. The molecule has 1 fully saturated rings. The van der Waals surface area contributed by atoms with Crippen molar-refractivity contribution in [3.8, 4) is 0 Å². The summed E-state index contributed by atoms with van der Waals surface area (Å²) in [6.07, 6.45) is 3.85. The average Bonchev–Trinajstić information content (AvgIpc) is 2.40. The first-order chi connectivity index (χ1) is 8.75. The lowest BCUT2D eigenvalue weighted by atomic mass is 10.1. The SMILES string of the molecule is C[C@H](NC(=O)CC1CNCCO1)c1ccncc1. The fourth-order valence-electron chi connectivity index (χ4n) is 1.99. The number of ether oxygens (including phenoxy) is 1. The highest BCUT2D eigenvalue weighted by molar-refractivity contribution is 5.77. The minimum Gasteiger partial charge on any atom is -0.375 e. The van der Waals surface area contributed by atoms with Gasteiger partial charge in [-0.1, -0.05) is 0 Å². The summed E-state index contributed by atoms with van der Waals surface area (Å²) in [5.74, 6) is 0.0213. The molecule has 2 rings (SSSR count). The Morgan fingerprint density at radius 1 is 1.61 bits per heavy atom. The molecule has 1 amide bonds. The first-order valence-corrected chi connectivity index (χ1v) is 6.27. The maximum Gasteiger partial charge on any atom is 0.223 e. The molecule has 18 heavy (non-hydrogen) atoms. The molecule has 2 N–H and O–H groups in total. The normalized spacial score (nSPS) is 21.3. The number of hydrogen-bond acceptors (Lipinski definition) is 4. The van der Waals surface area contributed by atoms with E-state index in [4.69, 9.17) is 4.74 Å². The topological polar surface area (TPSA) is 63.2 Å². The molecular weight excluding hydrogens is 230 g/mol. The average molecular weight is 249 g/mol. The molecule has 0 bridgehead atoms. The smallest absolute Gasteiger partial charge is 0.223 e. The molecule has 5 heteroatoms. The summed E-state index contributed by atoms with van der Waals surface area (Å²) in [5, 5.41) is 6.18. The lowest BCUT2D eigenvalue weighted by Crippen LogP contribution is -2.41. The van der Waals surface area contributed by atoms with Crippen LogP contribution in [0.1, 0.15) is 24.9 Å². The van der Waals surface area contributed by atoms with Crippen LogP contribution in [0.2, 0.25) is 0 Å². The number of hydrogen-bond donors (Lipinski definition) is 2. The van der Waals surface area contributed by atoms with Crippen molar-refractivity contribution in [2.75, 3.05) is 19.7 Å². The Hall–Kier alpha value is -1.46. The van der Waals surface area contributed by atoms with Crippen LogP contribution in [-0.4, -0.2) is 36.7 Å². The number of nitrogens with one attached hydrogen (secondary N) is 2. The lowest BCUT2D eigenvalue weighted by Gasteiger charge is -2.24. The van der Waals surface area contributed by atoms with Gasteiger partial charge in [0, 0.05) is 25.5 Å². The maximum atomic E-state index is 11.9. The van der Waals surface area contributed by atoms with Crippen LogP contribution in [0.15, 0.2) is 24.5 Å². The number of pyridine rings is 1. The quantitative estimate of drug-likeness (QED) is 0.822. The number of amides is 1. The zero-order valence-corrected chi connectivity index (χ0v) is 10.6. The molecule has 0 saturated carbocycles. The largest absolute Gasteiger partial charge is 0.375 e. The van der Waals surface area contributed by atoms with E-state index in [0.29, 0.717) is 13.0 Å². The van der Waals surface area contributed by atoms with Gasteiger partial charge < -0.3 is 15.4 Å². The highest BCUT2D eigenvalue weighted by atomic mass is 16.5. The molecule has 1 aliphatic rings. The summed E-state index contributed by atoms with van der Waals surface area (Å²) in [6.45, 7) is 4.26. The Labute approximate surface area is 107 Å². The van der Waals surface area contributed by atoms with Gasteiger partial charge in [-0.25, -0.2) is 0 Å². The molecule has 0 aliphatic carbocycles. The molecule has 98 valence electrons. The Morgan fingerprint density at radius 2 is 2.39 bits per heavy atom. The van der Waals surface area contributed by atoms with E-state index in [9.17, 15) is 4.79 Å². The van der Waals surface area contributed by atoms with Gasteiger partial charge in [0.2, 0.25) is 5.91 Å². The summed E-state index contributed by atoms with van der Waals surface area (Å²) in [6, 6.07) is 3.81. The van der Waals surface area contributed by atoms with Crippen LogP contribution in [-0.2, 0) is 9.53 Å². The third-order valence-corrected chi connectivity index (χ3v) is 3.00. The first-order valence-electron chi connectivity index (χ1n) is 6.27. The van der Waals surface area contributed by atoms with Crippen LogP contribution in [0, 0.1) is 0 Å². The molecule has 1 unspecified atom stereocenters. The van der Waals surface area contributed by atoms with Crippen LogP contribution >= 0.6 is 0 Å². The van der Waals surface area contributed by atoms with Gasteiger partial charge >= 0.3 is 0 Å². The molecule has 0 radical (unpaired) electrons. The van der Waals surface area contributed by atoms with Crippen molar-refractivity contribution in [1.29, 1.82) is 0 Å². The van der Waals surface area contributed by atoms with E-state index in [1.807, 2.05) is 19.1 Å². The molecule has 2 heterocycles. The fraction of sp³-hybridized carbons (Fsp3) is 0.538. The fourth-order valence-corrected chi connectivity index (χ4v) is 1.99. The Morgan fingerprint density at radius 3 is 3.06 bits per heavy atom. The lowest BCUT2D eigenvalue weighted by molar-refractivity contribution is -0.125. The third kappa shape index (κ3) is 3.78. The second kappa shape index (κ2) is 6.47. The number of morpholine rings is 1. The monoisotopic (exact) mass is 249 g/mol. The van der Waals surface area contributed by atoms with Crippen molar-refractivity contribution in [2.45, 2.75) is 25.5 Å². The molecular formula is C13H19N3O2. The van der Waals surface area contributed by atoms with Gasteiger partial charge in [-0.3, -0.25) is 9.78 Å². The van der Waals surface area contributed by atoms with E-state index < -0.39 is 0 Å². The van der Waals surface area contributed by atoms with E-state index in [1.165, 1.54) is 0 Å². The van der Waals surface area contributed by atoms with Crippen LogP contribution in [0.3, 0.4) is 0 Å². The van der Waals surface area contributed by atoms with Crippen molar-refractivity contribution in [3.05, 3.63) is 30.1 Å². The Balaban J connectivity index is 1.80. The summed E-state index contributed by atoms with van der Waals surface area (Å²) in [4.78, 5) is 15.8. The summed E-state index contributed by atoms with van der Waals surface area (Å²) in [7, 11) is 0. The molecule has 1 aromatic rings. The van der Waals surface area contributed by atoms with Crippen LogP contribution in [0.5, 0.6) is 0 Å². The van der Waals surface area contributed by atoms with E-state index >= 15 is 0 Å². The van der Waals surface area contributed by atoms with E-state index in [-0.39, 0.29) is 18.1 Å². The van der Waals surface area contributed by atoms with Crippen molar-refractivity contribution >= 4 is 5.91 Å². The van der Waals surface area contributed by atoms with Crippen LogP contribution in [0.25, 0.3) is 0 Å². The second-order valence-electron chi connectivity index (χ2n) is 4.47. The number of nitrogens with zero attached hydrogens (tertiary/aromatic N) is 1. The number of rotatable bonds is 4. The number of aromatic nitrogens is 1. The van der Waals surface area contributed by atoms with Gasteiger partial charge in [-0.05, 0) is 24.6 Å². The summed E-state index contributed by atoms with van der Waals surface area (Å²) < 4.78 is 5.50. The zero-order chi connectivity index (χ0) is 12.8. The molecule has 2 atom stereocenters. The van der Waals surface area contributed by atoms with E-state index in [1.54, 1.807) is 12.4 Å². The van der Waals surface area contributed by atoms with Crippen molar-refractivity contribution in [1.82, 2.24) is 15.6 Å². The van der Waals surface area contributed by atoms with Gasteiger partial charge in [-0.2, -0.15) is 0 Å². The van der Waals surface area contributed by atoms with Crippen LogP contribution in [0.4, 0.5) is 0 Å². The standard InChI is InChI=1S/C13H19N3O2/c1-10(11-2-4-14-5-3-11)16-13(17)8-12-9-15-6-7-18-12/h2-5,10,12,15H,6-9H2,1H3,(H,16,17)/t10-,12?/m0/s1. The molecule has 0 spiro atoms. The molecule has 0 aromatic carbocycles.